The predicted octanol–water partition coefficient (Wildman–Crippen LogP) is 3.25. The molecule has 3 rings (SSSR count). The van der Waals surface area contributed by atoms with E-state index in [2.05, 4.69) is 52.8 Å². The average Bonchev–Trinajstić information content (AvgIpc) is 3.35. The minimum Gasteiger partial charge on any atom is -0.493 e. The van der Waals surface area contributed by atoms with Crippen LogP contribution in [0.2, 0.25) is 0 Å². The molecule has 32 heavy (non-hydrogen) atoms. The van der Waals surface area contributed by atoms with Gasteiger partial charge in [0.1, 0.15) is 5.75 Å². The highest BCUT2D eigenvalue weighted by Crippen LogP contribution is 2.20. The summed E-state index contributed by atoms with van der Waals surface area (Å²) in [7, 11) is 1.70. The van der Waals surface area contributed by atoms with Crippen molar-refractivity contribution >= 4 is 5.96 Å². The first-order valence-corrected chi connectivity index (χ1v) is 10.9. The van der Waals surface area contributed by atoms with Crippen molar-refractivity contribution in [1.29, 1.82) is 0 Å². The van der Waals surface area contributed by atoms with Gasteiger partial charge in [-0.3, -0.25) is 0 Å². The Morgan fingerprint density at radius 3 is 2.81 bits per heavy atom. The second-order valence-corrected chi connectivity index (χ2v) is 7.33. The molecule has 8 heteroatoms. The van der Waals surface area contributed by atoms with Crippen molar-refractivity contribution in [2.75, 3.05) is 26.9 Å². The molecule has 0 atom stereocenters. The van der Waals surface area contributed by atoms with Crippen LogP contribution in [-0.4, -0.2) is 47.6 Å². The zero-order valence-corrected chi connectivity index (χ0v) is 19.0. The highest BCUT2D eigenvalue weighted by Gasteiger charge is 2.07. The normalized spacial score (nSPS) is 11.4. The van der Waals surface area contributed by atoms with Crippen LogP contribution in [0.1, 0.15) is 30.0 Å². The number of benzene rings is 1. The number of rotatable bonds is 11. The zero-order chi connectivity index (χ0) is 22.6. The van der Waals surface area contributed by atoms with E-state index in [0.717, 1.165) is 41.6 Å². The number of hydrogen-bond acceptors (Lipinski definition) is 5. The largest absolute Gasteiger partial charge is 0.493 e. The molecule has 0 saturated heterocycles. The molecule has 0 unspecified atom stereocenters. The van der Waals surface area contributed by atoms with Gasteiger partial charge in [0, 0.05) is 57.4 Å². The number of guanidine groups is 1. The molecule has 2 N–H and O–H groups in total. The average molecular weight is 437 g/mol. The fraction of sp³-hybridized carbons (Fsp3) is 0.375. The number of nitrogens with one attached hydrogen (secondary N) is 2. The number of nitrogens with zero attached hydrogens (tertiary/aromatic N) is 4. The Morgan fingerprint density at radius 1 is 1.12 bits per heavy atom. The molecule has 170 valence electrons. The Labute approximate surface area is 189 Å². The van der Waals surface area contributed by atoms with E-state index in [0.29, 0.717) is 26.3 Å². The summed E-state index contributed by atoms with van der Waals surface area (Å²) in [5.74, 6) is 2.41. The van der Waals surface area contributed by atoms with Crippen molar-refractivity contribution in [3.05, 3.63) is 71.7 Å². The predicted molar refractivity (Wildman–Crippen MR) is 126 cm³/mol. The summed E-state index contributed by atoms with van der Waals surface area (Å²) in [5.41, 5.74) is 3.31. The number of hydrogen-bond donors (Lipinski definition) is 2. The highest BCUT2D eigenvalue weighted by molar-refractivity contribution is 5.79. The van der Waals surface area contributed by atoms with Gasteiger partial charge in [-0.25, -0.2) is 14.7 Å². The van der Waals surface area contributed by atoms with Crippen LogP contribution >= 0.6 is 0 Å². The molecule has 0 fully saturated rings. The van der Waals surface area contributed by atoms with E-state index in [9.17, 15) is 0 Å². The summed E-state index contributed by atoms with van der Waals surface area (Å²) in [6, 6.07) is 12.1. The van der Waals surface area contributed by atoms with Crippen molar-refractivity contribution in [1.82, 2.24) is 25.4 Å². The minimum atomic E-state index is 0.528. The van der Waals surface area contributed by atoms with Gasteiger partial charge >= 0.3 is 0 Å². The zero-order valence-electron chi connectivity index (χ0n) is 19.0. The fourth-order valence-corrected chi connectivity index (χ4v) is 3.11. The topological polar surface area (TPSA) is 85.6 Å². The lowest BCUT2D eigenvalue weighted by atomic mass is 10.1. The number of aliphatic imine (C=N–C) groups is 1. The van der Waals surface area contributed by atoms with Gasteiger partial charge in [-0.2, -0.15) is 5.10 Å². The van der Waals surface area contributed by atoms with Crippen LogP contribution in [-0.2, 0) is 17.8 Å². The number of aryl methyl sites for hydroxylation is 1. The molecule has 0 spiro atoms. The first-order valence-electron chi connectivity index (χ1n) is 10.9. The number of methoxy groups -OCH3 is 1. The van der Waals surface area contributed by atoms with E-state index >= 15 is 0 Å². The van der Waals surface area contributed by atoms with Crippen LogP contribution in [0.4, 0.5) is 0 Å². The van der Waals surface area contributed by atoms with Gasteiger partial charge in [0.2, 0.25) is 0 Å². The molecule has 0 aliphatic carbocycles. The standard InChI is InChI=1S/C24H32N6O2/c1-4-25-24(27-17-20-9-11-26-23(16-20)30-12-5-10-29-30)28-18-21-8-7-19(2)15-22(21)32-14-6-13-31-3/h5,7-12,15-16H,4,6,13-14,17-18H2,1-3H3,(H2,25,27,28). The van der Waals surface area contributed by atoms with Gasteiger partial charge in [-0.05, 0) is 49.2 Å². The van der Waals surface area contributed by atoms with Gasteiger partial charge in [-0.1, -0.05) is 12.1 Å². The summed E-state index contributed by atoms with van der Waals surface area (Å²) in [5, 5.41) is 11.0. The molecule has 0 bridgehead atoms. The van der Waals surface area contributed by atoms with Crippen LogP contribution in [0.5, 0.6) is 5.75 Å². The smallest absolute Gasteiger partial charge is 0.191 e. The van der Waals surface area contributed by atoms with Crippen LogP contribution in [0.25, 0.3) is 5.82 Å². The van der Waals surface area contributed by atoms with Gasteiger partial charge < -0.3 is 20.1 Å². The van der Waals surface area contributed by atoms with Crippen LogP contribution < -0.4 is 15.4 Å². The molecule has 2 aromatic heterocycles. The molecule has 0 saturated carbocycles. The number of aromatic nitrogens is 3. The van der Waals surface area contributed by atoms with E-state index in [1.165, 1.54) is 5.56 Å². The van der Waals surface area contributed by atoms with Crippen molar-refractivity contribution < 1.29 is 9.47 Å². The van der Waals surface area contributed by atoms with Crippen molar-refractivity contribution in [2.24, 2.45) is 4.99 Å². The highest BCUT2D eigenvalue weighted by atomic mass is 16.5. The first kappa shape index (κ1) is 23.3. The second-order valence-electron chi connectivity index (χ2n) is 7.33. The van der Waals surface area contributed by atoms with Crippen LogP contribution in [0, 0.1) is 6.92 Å². The monoisotopic (exact) mass is 436 g/mol. The molecule has 0 radical (unpaired) electrons. The van der Waals surface area contributed by atoms with E-state index < -0.39 is 0 Å². The lowest BCUT2D eigenvalue weighted by molar-refractivity contribution is 0.171. The molecule has 0 aliphatic rings. The number of pyridine rings is 1. The quantitative estimate of drug-likeness (QED) is 0.273. The maximum Gasteiger partial charge on any atom is 0.191 e. The summed E-state index contributed by atoms with van der Waals surface area (Å²) < 4.78 is 12.8. The van der Waals surface area contributed by atoms with Gasteiger partial charge in [-0.15, -0.1) is 0 Å². The van der Waals surface area contributed by atoms with E-state index in [4.69, 9.17) is 14.5 Å². The van der Waals surface area contributed by atoms with Crippen LogP contribution in [0.15, 0.2) is 60.0 Å². The minimum absolute atomic E-state index is 0.528. The SMILES string of the molecule is CCNC(=NCc1ccnc(-n2cccn2)c1)NCc1ccc(C)cc1OCCCOC. The molecule has 1 aromatic carbocycles. The van der Waals surface area contributed by atoms with E-state index in [-0.39, 0.29) is 0 Å². The summed E-state index contributed by atoms with van der Waals surface area (Å²) in [6.45, 7) is 7.34. The molecule has 3 aromatic rings. The third kappa shape index (κ3) is 7.09. The summed E-state index contributed by atoms with van der Waals surface area (Å²) in [4.78, 5) is 9.11. The van der Waals surface area contributed by atoms with Crippen molar-refractivity contribution in [2.45, 2.75) is 33.4 Å². The summed E-state index contributed by atoms with van der Waals surface area (Å²) in [6.07, 6.45) is 6.24. The molecule has 0 aliphatic heterocycles. The Kier molecular flexibility index (Phi) is 9.06. The maximum absolute atomic E-state index is 5.99. The first-order chi connectivity index (χ1) is 15.7. The van der Waals surface area contributed by atoms with Gasteiger partial charge in [0.05, 0.1) is 13.2 Å². The van der Waals surface area contributed by atoms with E-state index in [1.54, 1.807) is 24.2 Å². The third-order valence-electron chi connectivity index (χ3n) is 4.73. The molecular formula is C24H32N6O2. The number of ether oxygens (including phenoxy) is 2. The van der Waals surface area contributed by atoms with Gasteiger partial charge in [0.15, 0.2) is 11.8 Å². The Hall–Kier alpha value is -3.39. The molecule has 0 amide bonds. The van der Waals surface area contributed by atoms with E-state index in [1.807, 2.05) is 24.4 Å². The maximum atomic E-state index is 5.99. The Morgan fingerprint density at radius 2 is 2.03 bits per heavy atom. The summed E-state index contributed by atoms with van der Waals surface area (Å²) >= 11 is 0. The van der Waals surface area contributed by atoms with Crippen LogP contribution in [0.3, 0.4) is 0 Å². The van der Waals surface area contributed by atoms with Crippen molar-refractivity contribution in [3.8, 4) is 11.6 Å². The Bertz CT molecular complexity index is 988. The lowest BCUT2D eigenvalue weighted by Gasteiger charge is -2.15. The van der Waals surface area contributed by atoms with Gasteiger partial charge in [0.25, 0.3) is 0 Å². The molecule has 2 heterocycles. The molecule has 8 nitrogen and oxygen atoms in total. The Balaban J connectivity index is 1.64. The second kappa shape index (κ2) is 12.5. The molecular weight excluding hydrogens is 404 g/mol. The van der Waals surface area contributed by atoms with Crippen molar-refractivity contribution in [3.63, 3.8) is 0 Å². The third-order valence-corrected chi connectivity index (χ3v) is 4.73. The fourth-order valence-electron chi connectivity index (χ4n) is 3.11. The lowest BCUT2D eigenvalue weighted by Crippen LogP contribution is -2.36.